The standard InChI is InChI=1S/C10H10O3.C8H8O2/c1-13-9-4-2-3-8(7-9)5-6-10(11)12;1-9-8-4-6-2-3-7(8)10-5-6/h2-7H,1H3,(H,11,12);2-4H,5H2,1H3/b6-5+;. The summed E-state index contributed by atoms with van der Waals surface area (Å²) < 4.78 is 15.3. The molecule has 5 heteroatoms. The van der Waals surface area contributed by atoms with Crippen molar-refractivity contribution in [3.63, 3.8) is 0 Å². The van der Waals surface area contributed by atoms with Crippen molar-refractivity contribution >= 4 is 12.0 Å². The Morgan fingerprint density at radius 3 is 2.48 bits per heavy atom. The fraction of sp³-hybridized carbons (Fsp3) is 0.167. The number of carboxylic acid groups (broad SMARTS) is 1. The maximum Gasteiger partial charge on any atom is 0.328 e. The Morgan fingerprint density at radius 1 is 1.17 bits per heavy atom. The lowest BCUT2D eigenvalue weighted by atomic mass is 10.2. The minimum absolute atomic E-state index is 0.693. The van der Waals surface area contributed by atoms with Crippen molar-refractivity contribution in [1.29, 1.82) is 0 Å². The number of fused-ring (bicyclic) bond motifs is 3. The van der Waals surface area contributed by atoms with Crippen LogP contribution in [0.2, 0.25) is 0 Å². The molecule has 2 aliphatic rings. The summed E-state index contributed by atoms with van der Waals surface area (Å²) in [5.74, 6) is 1.44. The summed E-state index contributed by atoms with van der Waals surface area (Å²) in [5.41, 5.74) is 1.98. The molecule has 0 unspecified atom stereocenters. The Morgan fingerprint density at radius 2 is 2.00 bits per heavy atom. The van der Waals surface area contributed by atoms with Crippen molar-refractivity contribution < 1.29 is 24.1 Å². The van der Waals surface area contributed by atoms with Crippen LogP contribution in [-0.4, -0.2) is 25.3 Å². The van der Waals surface area contributed by atoms with E-state index >= 15 is 0 Å². The summed E-state index contributed by atoms with van der Waals surface area (Å²) in [6.45, 7) is 0.693. The van der Waals surface area contributed by atoms with Gasteiger partial charge in [-0.15, -0.1) is 0 Å². The van der Waals surface area contributed by atoms with Crippen molar-refractivity contribution in [3.05, 3.63) is 59.7 Å². The quantitative estimate of drug-likeness (QED) is 0.876. The summed E-state index contributed by atoms with van der Waals surface area (Å²) in [4.78, 5) is 10.2. The predicted molar refractivity (Wildman–Crippen MR) is 87.0 cm³/mol. The van der Waals surface area contributed by atoms with Crippen LogP contribution in [0, 0.1) is 0 Å². The number of carboxylic acids is 1. The second kappa shape index (κ2) is 7.89. The highest BCUT2D eigenvalue weighted by Crippen LogP contribution is 2.32. The van der Waals surface area contributed by atoms with Gasteiger partial charge in [0.25, 0.3) is 0 Å². The average Bonchev–Trinajstić information content (AvgIpc) is 2.61. The lowest BCUT2D eigenvalue weighted by molar-refractivity contribution is -0.131. The molecular formula is C18H18O5. The third-order valence-electron chi connectivity index (χ3n) is 3.13. The maximum atomic E-state index is 10.2. The van der Waals surface area contributed by atoms with Gasteiger partial charge in [0.2, 0.25) is 0 Å². The van der Waals surface area contributed by atoms with E-state index in [2.05, 4.69) is 0 Å². The van der Waals surface area contributed by atoms with E-state index in [-0.39, 0.29) is 0 Å². The molecule has 2 aromatic rings. The van der Waals surface area contributed by atoms with Gasteiger partial charge in [0.1, 0.15) is 12.4 Å². The van der Waals surface area contributed by atoms with Gasteiger partial charge in [0, 0.05) is 6.08 Å². The molecule has 0 saturated heterocycles. The lowest BCUT2D eigenvalue weighted by Crippen LogP contribution is -2.03. The monoisotopic (exact) mass is 314 g/mol. The molecule has 2 aromatic carbocycles. The van der Waals surface area contributed by atoms with Crippen LogP contribution in [0.15, 0.2) is 48.5 Å². The first kappa shape index (κ1) is 16.4. The zero-order chi connectivity index (χ0) is 16.7. The van der Waals surface area contributed by atoms with Crippen molar-refractivity contribution in [2.75, 3.05) is 14.2 Å². The molecular weight excluding hydrogens is 296 g/mol. The Bertz CT molecular complexity index is 706. The molecule has 23 heavy (non-hydrogen) atoms. The van der Waals surface area contributed by atoms with Gasteiger partial charge in [0.05, 0.1) is 14.2 Å². The third-order valence-corrected chi connectivity index (χ3v) is 3.13. The summed E-state index contributed by atoms with van der Waals surface area (Å²) >= 11 is 0. The van der Waals surface area contributed by atoms with Crippen LogP contribution in [-0.2, 0) is 11.4 Å². The lowest BCUT2D eigenvalue weighted by Gasteiger charge is -2.17. The van der Waals surface area contributed by atoms with Gasteiger partial charge < -0.3 is 19.3 Å². The molecule has 4 rings (SSSR count). The molecule has 5 nitrogen and oxygen atoms in total. The largest absolute Gasteiger partial charge is 0.497 e. The van der Waals surface area contributed by atoms with Crippen molar-refractivity contribution in [1.82, 2.24) is 0 Å². The van der Waals surface area contributed by atoms with E-state index in [1.165, 1.54) is 11.6 Å². The first-order valence-electron chi connectivity index (χ1n) is 6.97. The molecule has 0 spiro atoms. The van der Waals surface area contributed by atoms with E-state index in [9.17, 15) is 4.79 Å². The number of rotatable bonds is 4. The smallest absolute Gasteiger partial charge is 0.328 e. The van der Waals surface area contributed by atoms with Gasteiger partial charge >= 0.3 is 5.97 Å². The molecule has 0 saturated carbocycles. The fourth-order valence-electron chi connectivity index (χ4n) is 1.99. The number of ether oxygens (including phenoxy) is 3. The Labute approximate surface area is 134 Å². The molecule has 2 aliphatic heterocycles. The van der Waals surface area contributed by atoms with Crippen LogP contribution < -0.4 is 14.2 Å². The van der Waals surface area contributed by atoms with E-state index in [0.717, 1.165) is 23.1 Å². The minimum Gasteiger partial charge on any atom is -0.497 e. The fourth-order valence-corrected chi connectivity index (χ4v) is 1.99. The molecule has 0 atom stereocenters. The number of benzene rings is 2. The van der Waals surface area contributed by atoms with Gasteiger partial charge in [0.15, 0.2) is 11.5 Å². The SMILES string of the molecule is COc1cc2ccc1OC2.COc1cccc(/C=C/C(=O)O)c1. The summed E-state index contributed by atoms with van der Waals surface area (Å²) in [6.07, 6.45) is 2.61. The van der Waals surface area contributed by atoms with Crippen molar-refractivity contribution in [3.8, 4) is 17.2 Å². The van der Waals surface area contributed by atoms with Crippen LogP contribution in [0.25, 0.3) is 6.08 Å². The minimum atomic E-state index is -0.956. The Balaban J connectivity index is 0.000000172. The molecule has 1 N–H and O–H groups in total. The van der Waals surface area contributed by atoms with Crippen molar-refractivity contribution in [2.24, 2.45) is 0 Å². The molecule has 2 bridgehead atoms. The maximum absolute atomic E-state index is 10.2. The van der Waals surface area contributed by atoms with Crippen LogP contribution in [0.3, 0.4) is 0 Å². The highest BCUT2D eigenvalue weighted by atomic mass is 16.5. The Hall–Kier alpha value is -2.95. The van der Waals surface area contributed by atoms with Gasteiger partial charge in [-0.05, 0) is 41.5 Å². The van der Waals surface area contributed by atoms with E-state index in [1.54, 1.807) is 32.4 Å². The van der Waals surface area contributed by atoms with E-state index < -0.39 is 5.97 Å². The normalized spacial score (nSPS) is 11.4. The van der Waals surface area contributed by atoms with E-state index in [0.29, 0.717) is 12.4 Å². The van der Waals surface area contributed by atoms with Gasteiger partial charge in [-0.1, -0.05) is 18.2 Å². The average molecular weight is 314 g/mol. The first-order chi connectivity index (χ1) is 11.1. The number of methoxy groups -OCH3 is 2. The number of aliphatic carboxylic acids is 1. The highest BCUT2D eigenvalue weighted by molar-refractivity contribution is 5.85. The molecule has 2 heterocycles. The zero-order valence-corrected chi connectivity index (χ0v) is 13.0. The molecule has 0 radical (unpaired) electrons. The number of hydrogen-bond acceptors (Lipinski definition) is 4. The zero-order valence-electron chi connectivity index (χ0n) is 13.0. The van der Waals surface area contributed by atoms with Gasteiger partial charge in [-0.3, -0.25) is 0 Å². The summed E-state index contributed by atoms with van der Waals surface area (Å²) in [6, 6.07) is 13.2. The van der Waals surface area contributed by atoms with Gasteiger partial charge in [-0.25, -0.2) is 4.79 Å². The van der Waals surface area contributed by atoms with Crippen LogP contribution in [0.1, 0.15) is 11.1 Å². The van der Waals surface area contributed by atoms with Gasteiger partial charge in [-0.2, -0.15) is 0 Å². The first-order valence-corrected chi connectivity index (χ1v) is 6.97. The third kappa shape index (κ3) is 4.78. The second-order valence-electron chi connectivity index (χ2n) is 4.72. The van der Waals surface area contributed by atoms with E-state index in [4.69, 9.17) is 19.3 Å². The summed E-state index contributed by atoms with van der Waals surface area (Å²) in [7, 11) is 3.22. The highest BCUT2D eigenvalue weighted by Gasteiger charge is 2.11. The van der Waals surface area contributed by atoms with E-state index in [1.807, 2.05) is 24.3 Å². The van der Waals surface area contributed by atoms with Crippen LogP contribution in [0.5, 0.6) is 17.2 Å². The molecule has 0 aliphatic carbocycles. The molecule has 0 aromatic heterocycles. The van der Waals surface area contributed by atoms with Crippen LogP contribution in [0.4, 0.5) is 0 Å². The van der Waals surface area contributed by atoms with Crippen LogP contribution >= 0.6 is 0 Å². The summed E-state index contributed by atoms with van der Waals surface area (Å²) in [5, 5.41) is 8.38. The molecule has 0 amide bonds. The van der Waals surface area contributed by atoms with Crippen molar-refractivity contribution in [2.45, 2.75) is 6.61 Å². The topological polar surface area (TPSA) is 65.0 Å². The number of carbonyl (C=O) groups is 1. The number of hydrogen-bond donors (Lipinski definition) is 1. The second-order valence-corrected chi connectivity index (χ2v) is 4.72. The Kier molecular flexibility index (Phi) is 5.63. The predicted octanol–water partition coefficient (Wildman–Crippen LogP) is 3.38. The molecule has 0 fully saturated rings. The molecule has 120 valence electrons.